The van der Waals surface area contributed by atoms with Gasteiger partial charge in [0.25, 0.3) is 0 Å². The number of benzene rings is 3. The number of piperidine rings is 1. The first-order chi connectivity index (χ1) is 17.0. The molecule has 182 valence electrons. The van der Waals surface area contributed by atoms with E-state index in [4.69, 9.17) is 4.74 Å². The summed E-state index contributed by atoms with van der Waals surface area (Å²) in [5, 5.41) is 1.28. The van der Waals surface area contributed by atoms with Gasteiger partial charge < -0.3 is 9.30 Å². The van der Waals surface area contributed by atoms with Crippen molar-refractivity contribution in [2.45, 2.75) is 38.0 Å². The molecule has 35 heavy (non-hydrogen) atoms. The van der Waals surface area contributed by atoms with Crippen molar-refractivity contribution in [3.63, 3.8) is 0 Å². The molecule has 3 aromatic carbocycles. The van der Waals surface area contributed by atoms with Crippen molar-refractivity contribution in [1.82, 2.24) is 8.87 Å². The number of nitrogens with zero attached hydrogens (tertiary/aromatic N) is 2. The largest absolute Gasteiger partial charge is 0.497 e. The van der Waals surface area contributed by atoms with E-state index in [9.17, 15) is 8.42 Å². The van der Waals surface area contributed by atoms with Gasteiger partial charge >= 0.3 is 0 Å². The lowest BCUT2D eigenvalue weighted by Crippen LogP contribution is -2.38. The zero-order valence-electron chi connectivity index (χ0n) is 20.4. The Balaban J connectivity index is 1.38. The van der Waals surface area contributed by atoms with Crippen LogP contribution in [0.5, 0.6) is 5.75 Å². The first-order valence-corrected chi connectivity index (χ1v) is 13.8. The Morgan fingerprint density at radius 3 is 2.31 bits per heavy atom. The number of fused-ring (bicyclic) bond motifs is 1. The fraction of sp³-hybridized carbons (Fsp3) is 0.310. The lowest BCUT2D eigenvalue weighted by Gasteiger charge is -2.31. The molecule has 1 aliphatic rings. The molecule has 0 unspecified atom stereocenters. The first-order valence-electron chi connectivity index (χ1n) is 12.2. The number of aromatic nitrogens is 1. The second kappa shape index (κ2) is 9.88. The van der Waals surface area contributed by atoms with Crippen LogP contribution in [0.25, 0.3) is 10.9 Å². The van der Waals surface area contributed by atoms with Gasteiger partial charge in [0.2, 0.25) is 10.0 Å². The second-order valence-electron chi connectivity index (χ2n) is 9.37. The van der Waals surface area contributed by atoms with E-state index in [0.717, 1.165) is 30.7 Å². The Kier molecular flexibility index (Phi) is 6.67. The summed E-state index contributed by atoms with van der Waals surface area (Å²) in [6.07, 6.45) is 1.67. The number of rotatable bonds is 7. The molecule has 1 aliphatic heterocycles. The maximum absolute atomic E-state index is 13.0. The van der Waals surface area contributed by atoms with E-state index in [1.54, 1.807) is 11.4 Å². The third kappa shape index (κ3) is 4.86. The molecule has 6 heteroatoms. The van der Waals surface area contributed by atoms with Crippen molar-refractivity contribution in [2.24, 2.45) is 0 Å². The Hall–Kier alpha value is -3.09. The normalized spacial score (nSPS) is 15.5. The molecule has 0 spiro atoms. The highest BCUT2D eigenvalue weighted by Crippen LogP contribution is 2.38. The third-order valence-electron chi connectivity index (χ3n) is 7.20. The summed E-state index contributed by atoms with van der Waals surface area (Å²) in [5.41, 5.74) is 5.89. The van der Waals surface area contributed by atoms with Crippen LogP contribution in [0.2, 0.25) is 0 Å². The summed E-state index contributed by atoms with van der Waals surface area (Å²) in [6, 6.07) is 26.2. The highest BCUT2D eigenvalue weighted by molar-refractivity contribution is 7.88. The molecule has 0 saturated carbocycles. The molecule has 5 rings (SSSR count). The van der Waals surface area contributed by atoms with Gasteiger partial charge in [-0.25, -0.2) is 12.7 Å². The number of sulfonamides is 1. The summed E-state index contributed by atoms with van der Waals surface area (Å²) in [6.45, 7) is 4.10. The maximum Gasteiger partial charge on any atom is 0.218 e. The second-order valence-corrected chi connectivity index (χ2v) is 11.3. The van der Waals surface area contributed by atoms with Crippen LogP contribution >= 0.6 is 0 Å². The molecule has 4 aromatic rings. The summed E-state index contributed by atoms with van der Waals surface area (Å²) in [4.78, 5) is 0. The summed E-state index contributed by atoms with van der Waals surface area (Å²) in [5.74, 6) is 1.27. The van der Waals surface area contributed by atoms with Gasteiger partial charge in [0.05, 0.1) is 12.9 Å². The number of methoxy groups -OCH3 is 1. The number of hydrogen-bond donors (Lipinski definition) is 0. The number of hydrogen-bond acceptors (Lipinski definition) is 3. The quantitative estimate of drug-likeness (QED) is 0.335. The highest BCUT2D eigenvalue weighted by Gasteiger charge is 2.31. The molecule has 0 radical (unpaired) electrons. The van der Waals surface area contributed by atoms with E-state index in [-0.39, 0.29) is 5.75 Å². The van der Waals surface area contributed by atoms with Crippen LogP contribution in [0.3, 0.4) is 0 Å². The van der Waals surface area contributed by atoms with Gasteiger partial charge in [-0.3, -0.25) is 0 Å². The summed E-state index contributed by atoms with van der Waals surface area (Å²) in [7, 11) is -1.63. The molecule has 5 nitrogen and oxygen atoms in total. The smallest absolute Gasteiger partial charge is 0.218 e. The van der Waals surface area contributed by atoms with Gasteiger partial charge in [0.15, 0.2) is 0 Å². The molecule has 2 heterocycles. The zero-order chi connectivity index (χ0) is 24.4. The molecule has 0 bridgehead atoms. The van der Waals surface area contributed by atoms with E-state index in [1.807, 2.05) is 42.5 Å². The van der Waals surface area contributed by atoms with Crippen molar-refractivity contribution in [2.75, 3.05) is 20.2 Å². The topological polar surface area (TPSA) is 51.5 Å². The Bertz CT molecular complexity index is 1420. The van der Waals surface area contributed by atoms with Crippen LogP contribution in [0, 0.1) is 6.92 Å². The Morgan fingerprint density at radius 2 is 1.57 bits per heavy atom. The van der Waals surface area contributed by atoms with Gasteiger partial charge in [-0.1, -0.05) is 60.7 Å². The van der Waals surface area contributed by atoms with Crippen molar-refractivity contribution in [1.29, 1.82) is 0 Å². The van der Waals surface area contributed by atoms with E-state index >= 15 is 0 Å². The summed E-state index contributed by atoms with van der Waals surface area (Å²) >= 11 is 0. The van der Waals surface area contributed by atoms with Gasteiger partial charge in [-0.15, -0.1) is 0 Å². The van der Waals surface area contributed by atoms with Crippen LogP contribution in [-0.2, 0) is 22.3 Å². The molecule has 1 fully saturated rings. The predicted octanol–water partition coefficient (Wildman–Crippen LogP) is 5.72. The average molecular weight is 489 g/mol. The minimum absolute atomic E-state index is 0.0668. The van der Waals surface area contributed by atoms with Crippen molar-refractivity contribution in [3.8, 4) is 5.75 Å². The fourth-order valence-electron chi connectivity index (χ4n) is 5.43. The first kappa shape index (κ1) is 23.6. The van der Waals surface area contributed by atoms with Crippen LogP contribution in [0.4, 0.5) is 0 Å². The van der Waals surface area contributed by atoms with Crippen LogP contribution in [0.1, 0.15) is 41.1 Å². The molecule has 0 amide bonds. The van der Waals surface area contributed by atoms with Crippen LogP contribution in [0.15, 0.2) is 78.9 Å². The third-order valence-corrected chi connectivity index (χ3v) is 9.05. The lowest BCUT2D eigenvalue weighted by atomic mass is 9.88. The van der Waals surface area contributed by atoms with Gasteiger partial charge in [-0.05, 0) is 60.6 Å². The van der Waals surface area contributed by atoms with Gasteiger partial charge in [0, 0.05) is 36.2 Å². The van der Waals surface area contributed by atoms with Crippen molar-refractivity contribution < 1.29 is 13.2 Å². The van der Waals surface area contributed by atoms with E-state index < -0.39 is 10.0 Å². The SMILES string of the molecule is COc1cccc(Cn2c(C)c(C3CCN(S(=O)(=O)Cc4ccccc4)CC3)c3ccccc32)c1. The minimum Gasteiger partial charge on any atom is -0.497 e. The average Bonchev–Trinajstić information content (AvgIpc) is 3.15. The van der Waals surface area contributed by atoms with Crippen LogP contribution < -0.4 is 4.74 Å². The van der Waals surface area contributed by atoms with Gasteiger partial charge in [-0.2, -0.15) is 0 Å². The zero-order valence-corrected chi connectivity index (χ0v) is 21.2. The number of para-hydroxylation sites is 1. The standard InChI is InChI=1S/C29H32N2O3S/c1-22-29(25-15-17-30(18-16-25)35(32,33)21-23-9-4-3-5-10-23)27-13-6-7-14-28(27)31(22)20-24-11-8-12-26(19-24)34-2/h3-14,19,25H,15-18,20-21H2,1-2H3. The monoisotopic (exact) mass is 488 g/mol. The fourth-order valence-corrected chi connectivity index (χ4v) is 6.99. The summed E-state index contributed by atoms with van der Waals surface area (Å²) < 4.78 is 35.6. The Labute approximate surface area is 208 Å². The van der Waals surface area contributed by atoms with E-state index in [1.165, 1.54) is 27.7 Å². The molecule has 0 aliphatic carbocycles. The van der Waals surface area contributed by atoms with Crippen LogP contribution in [-0.4, -0.2) is 37.5 Å². The lowest BCUT2D eigenvalue weighted by molar-refractivity contribution is 0.319. The van der Waals surface area contributed by atoms with Gasteiger partial charge in [0.1, 0.15) is 5.75 Å². The molecule has 0 atom stereocenters. The maximum atomic E-state index is 13.0. The van der Waals surface area contributed by atoms with E-state index in [0.29, 0.717) is 19.0 Å². The predicted molar refractivity (Wildman–Crippen MR) is 141 cm³/mol. The molecule has 0 N–H and O–H groups in total. The van der Waals surface area contributed by atoms with Crippen molar-refractivity contribution >= 4 is 20.9 Å². The molecular formula is C29H32N2O3S. The highest BCUT2D eigenvalue weighted by atomic mass is 32.2. The molecule has 1 aromatic heterocycles. The number of ether oxygens (including phenoxy) is 1. The minimum atomic E-state index is -3.32. The van der Waals surface area contributed by atoms with Crippen molar-refractivity contribution in [3.05, 3.63) is 101 Å². The van der Waals surface area contributed by atoms with E-state index in [2.05, 4.69) is 47.9 Å². The Morgan fingerprint density at radius 1 is 0.886 bits per heavy atom. The molecular weight excluding hydrogens is 456 g/mol. The molecule has 1 saturated heterocycles.